The molecule has 1 fully saturated rings. The maximum atomic E-state index is 13.7. The van der Waals surface area contributed by atoms with E-state index in [1.165, 1.54) is 18.2 Å². The zero-order chi connectivity index (χ0) is 34.7. The Hall–Kier alpha value is -5.66. The lowest BCUT2D eigenvalue weighted by molar-refractivity contribution is -0.119. The van der Waals surface area contributed by atoms with Crippen molar-refractivity contribution in [2.75, 3.05) is 38.0 Å². The Kier molecular flexibility index (Phi) is 7.76. The van der Waals surface area contributed by atoms with Gasteiger partial charge in [0.25, 0.3) is 5.91 Å². The van der Waals surface area contributed by atoms with E-state index in [0.29, 0.717) is 57.8 Å². The highest BCUT2D eigenvalue weighted by molar-refractivity contribution is 6.22. The van der Waals surface area contributed by atoms with Crippen LogP contribution in [0.2, 0.25) is 0 Å². The third-order valence-electron chi connectivity index (χ3n) is 8.38. The van der Waals surface area contributed by atoms with Crippen LogP contribution in [0.4, 0.5) is 26.9 Å². The van der Waals surface area contributed by atoms with Crippen LogP contribution in [0.5, 0.6) is 11.5 Å². The monoisotopic (exact) mass is 656 g/mol. The van der Waals surface area contributed by atoms with Gasteiger partial charge in [0.05, 0.1) is 35.9 Å². The summed E-state index contributed by atoms with van der Waals surface area (Å²) in [4.78, 5) is 58.6. The largest absolute Gasteiger partial charge is 0.497 e. The SMILES string of the molecule is CCOc1cc(C(=O)N(C)C)cnc1Nc1nn(C(=O)OC(C)(C)C)c2cc([C@@H]3C[C@@]34C(=O)N(C(=O)O)c3ccc(OC)cc34)ccc12. The summed E-state index contributed by atoms with van der Waals surface area (Å²) in [7, 11) is 4.79. The lowest BCUT2D eigenvalue weighted by Gasteiger charge is -2.19. The number of nitrogens with one attached hydrogen (secondary N) is 1. The summed E-state index contributed by atoms with van der Waals surface area (Å²) in [5, 5.41) is 18.2. The maximum Gasteiger partial charge on any atom is 0.435 e. The van der Waals surface area contributed by atoms with Crippen LogP contribution < -0.4 is 19.7 Å². The molecule has 1 aliphatic carbocycles. The number of anilines is 3. The summed E-state index contributed by atoms with van der Waals surface area (Å²) in [6, 6.07) is 11.9. The number of fused-ring (bicyclic) bond motifs is 3. The fourth-order valence-electron chi connectivity index (χ4n) is 6.18. The third-order valence-corrected chi connectivity index (χ3v) is 8.38. The van der Waals surface area contributed by atoms with Crippen molar-refractivity contribution in [2.45, 2.75) is 51.0 Å². The molecular formula is C34H36N6O8. The van der Waals surface area contributed by atoms with Crippen LogP contribution in [-0.2, 0) is 14.9 Å². The van der Waals surface area contributed by atoms with Gasteiger partial charge in [-0.2, -0.15) is 4.68 Å². The number of imide groups is 1. The highest BCUT2D eigenvalue weighted by Gasteiger charge is 2.68. The predicted octanol–water partition coefficient (Wildman–Crippen LogP) is 5.52. The first-order chi connectivity index (χ1) is 22.7. The first kappa shape index (κ1) is 32.3. The predicted molar refractivity (Wildman–Crippen MR) is 176 cm³/mol. The quantitative estimate of drug-likeness (QED) is 0.257. The van der Waals surface area contributed by atoms with E-state index in [9.17, 15) is 24.3 Å². The standard InChI is InChI=1S/C34H36N6O8/c1-8-47-26-14-19(29(41)38(5)6)17-35-28(26)36-27-21-11-9-18(13-25(21)40(37-27)32(45)48-33(2,3)4)23-16-34(23)22-15-20(46-7)10-12-24(22)39(30(34)42)31(43)44/h9-15,17,23H,8,16H2,1-7H3,(H,43,44)(H,35,36,37)/t23-,34-/m0/s1. The number of nitrogens with zero attached hydrogens (tertiary/aromatic N) is 5. The second kappa shape index (κ2) is 11.5. The third kappa shape index (κ3) is 5.32. The highest BCUT2D eigenvalue weighted by atomic mass is 16.6. The molecule has 250 valence electrons. The number of ether oxygens (including phenoxy) is 3. The summed E-state index contributed by atoms with van der Waals surface area (Å²) < 4.78 is 18.0. The lowest BCUT2D eigenvalue weighted by Crippen LogP contribution is -2.36. The molecule has 2 aromatic heterocycles. The molecule has 1 aliphatic heterocycles. The Labute approximate surface area is 276 Å². The molecule has 0 bridgehead atoms. The van der Waals surface area contributed by atoms with Crippen molar-refractivity contribution in [3.05, 3.63) is 65.4 Å². The van der Waals surface area contributed by atoms with Crippen LogP contribution in [0, 0.1) is 0 Å². The van der Waals surface area contributed by atoms with Crippen LogP contribution >= 0.6 is 0 Å². The van der Waals surface area contributed by atoms with E-state index in [-0.39, 0.29) is 23.5 Å². The molecule has 48 heavy (non-hydrogen) atoms. The molecule has 2 N–H and O–H groups in total. The topological polar surface area (TPSA) is 165 Å². The van der Waals surface area contributed by atoms with Crippen LogP contribution in [0.15, 0.2) is 48.7 Å². The second-order valence-electron chi connectivity index (χ2n) is 12.9. The van der Waals surface area contributed by atoms with Gasteiger partial charge in [0, 0.05) is 31.6 Å². The van der Waals surface area contributed by atoms with Crippen molar-refractivity contribution in [1.29, 1.82) is 0 Å². The van der Waals surface area contributed by atoms with Crippen LogP contribution in [-0.4, -0.2) is 82.2 Å². The van der Waals surface area contributed by atoms with E-state index in [0.717, 1.165) is 9.58 Å². The summed E-state index contributed by atoms with van der Waals surface area (Å²) in [6.07, 6.45) is -0.289. The maximum absolute atomic E-state index is 13.7. The molecule has 4 aromatic rings. The molecule has 14 nitrogen and oxygen atoms in total. The zero-order valence-electron chi connectivity index (χ0n) is 27.7. The summed E-state index contributed by atoms with van der Waals surface area (Å²) in [5.41, 5.74) is 0.409. The van der Waals surface area contributed by atoms with E-state index in [2.05, 4.69) is 15.4 Å². The number of pyridine rings is 1. The summed E-state index contributed by atoms with van der Waals surface area (Å²) in [6.45, 7) is 7.35. The number of carbonyl (C=O) groups is 4. The van der Waals surface area contributed by atoms with Crippen molar-refractivity contribution < 1.29 is 38.5 Å². The van der Waals surface area contributed by atoms with Gasteiger partial charge in [-0.3, -0.25) is 9.59 Å². The first-order valence-electron chi connectivity index (χ1n) is 15.3. The second-order valence-corrected chi connectivity index (χ2v) is 12.9. The average molecular weight is 657 g/mol. The number of aromatic nitrogens is 3. The summed E-state index contributed by atoms with van der Waals surface area (Å²) in [5.74, 6) is 0.230. The van der Waals surface area contributed by atoms with Crippen LogP contribution in [0.25, 0.3) is 10.9 Å². The minimum absolute atomic E-state index is 0.242. The average Bonchev–Trinajstić information content (AvgIpc) is 3.61. The molecule has 3 heterocycles. The van der Waals surface area contributed by atoms with Gasteiger partial charge >= 0.3 is 12.2 Å². The Morgan fingerprint density at radius 2 is 1.85 bits per heavy atom. The van der Waals surface area contributed by atoms with E-state index in [4.69, 9.17) is 14.2 Å². The molecule has 0 radical (unpaired) electrons. The van der Waals surface area contributed by atoms with Crippen LogP contribution in [0.1, 0.15) is 61.5 Å². The van der Waals surface area contributed by atoms with Crippen LogP contribution in [0.3, 0.4) is 0 Å². The van der Waals surface area contributed by atoms with Gasteiger partial charge < -0.3 is 29.5 Å². The lowest BCUT2D eigenvalue weighted by atomic mass is 9.91. The van der Waals surface area contributed by atoms with Gasteiger partial charge in [-0.25, -0.2) is 19.5 Å². The molecule has 2 atom stereocenters. The Bertz CT molecular complexity index is 2000. The van der Waals surface area contributed by atoms with Gasteiger partial charge in [-0.1, -0.05) is 6.07 Å². The van der Waals surface area contributed by atoms with Crippen molar-refractivity contribution in [1.82, 2.24) is 19.7 Å². The molecule has 6 rings (SSSR count). The first-order valence-corrected chi connectivity index (χ1v) is 15.3. The molecule has 0 saturated heterocycles. The minimum Gasteiger partial charge on any atom is -0.497 e. The summed E-state index contributed by atoms with van der Waals surface area (Å²) >= 11 is 0. The van der Waals surface area contributed by atoms with Gasteiger partial charge in [-0.05, 0) is 81.6 Å². The van der Waals surface area contributed by atoms with E-state index >= 15 is 0 Å². The minimum atomic E-state index is -1.36. The van der Waals surface area contributed by atoms with Crippen molar-refractivity contribution in [3.63, 3.8) is 0 Å². The fourth-order valence-corrected chi connectivity index (χ4v) is 6.18. The van der Waals surface area contributed by atoms with Crippen molar-refractivity contribution in [3.8, 4) is 11.5 Å². The number of rotatable bonds is 7. The van der Waals surface area contributed by atoms with E-state index in [1.807, 2.05) is 13.0 Å². The number of carbonyl (C=O) groups excluding carboxylic acids is 3. The molecule has 1 saturated carbocycles. The van der Waals surface area contributed by atoms with Crippen molar-refractivity contribution in [2.24, 2.45) is 0 Å². The Morgan fingerprint density at radius 1 is 1.10 bits per heavy atom. The number of hydrogen-bond donors (Lipinski definition) is 2. The normalized spacial score (nSPS) is 18.1. The zero-order valence-corrected chi connectivity index (χ0v) is 27.7. The Balaban J connectivity index is 1.43. The molecule has 1 spiro atoms. The molecular weight excluding hydrogens is 620 g/mol. The highest BCUT2D eigenvalue weighted by Crippen LogP contribution is 2.67. The van der Waals surface area contributed by atoms with Crippen molar-refractivity contribution >= 4 is 52.2 Å². The number of benzene rings is 2. The molecule has 3 amide bonds. The van der Waals surface area contributed by atoms with Gasteiger partial charge in [0.15, 0.2) is 17.4 Å². The van der Waals surface area contributed by atoms with Gasteiger partial charge in [-0.15, -0.1) is 5.10 Å². The number of carboxylic acid groups (broad SMARTS) is 1. The molecule has 14 heteroatoms. The van der Waals surface area contributed by atoms with E-state index < -0.39 is 29.1 Å². The smallest absolute Gasteiger partial charge is 0.435 e. The van der Waals surface area contributed by atoms with E-state index in [1.54, 1.807) is 71.3 Å². The fraction of sp³-hybridized carbons (Fsp3) is 0.353. The molecule has 0 unspecified atom stereocenters. The van der Waals surface area contributed by atoms with Gasteiger partial charge in [0.1, 0.15) is 11.4 Å². The van der Waals surface area contributed by atoms with Gasteiger partial charge in [0.2, 0.25) is 5.91 Å². The molecule has 2 aromatic carbocycles. The number of amides is 3. The number of hydrogen-bond acceptors (Lipinski definition) is 10. The number of methoxy groups -OCH3 is 1. The Morgan fingerprint density at radius 3 is 2.50 bits per heavy atom. The molecule has 2 aliphatic rings.